The SMILES string of the molecule is COCCN(CCC(=O)Nc1ccc(C)c(C)c1)S(C)(=O)=O. The highest BCUT2D eigenvalue weighted by molar-refractivity contribution is 7.88. The van der Waals surface area contributed by atoms with Gasteiger partial charge in [0.1, 0.15) is 0 Å². The van der Waals surface area contributed by atoms with Gasteiger partial charge in [-0.3, -0.25) is 4.79 Å². The number of hydrogen-bond acceptors (Lipinski definition) is 4. The molecule has 1 rings (SSSR count). The van der Waals surface area contributed by atoms with Gasteiger partial charge in [-0.2, -0.15) is 4.31 Å². The van der Waals surface area contributed by atoms with Crippen molar-refractivity contribution in [3.8, 4) is 0 Å². The van der Waals surface area contributed by atoms with Crippen molar-refractivity contribution in [2.45, 2.75) is 20.3 Å². The normalized spacial score (nSPS) is 11.7. The molecule has 124 valence electrons. The van der Waals surface area contributed by atoms with E-state index in [1.165, 1.54) is 11.4 Å². The number of aryl methyl sites for hydroxylation is 2. The first-order valence-electron chi connectivity index (χ1n) is 7.05. The molecule has 0 aromatic heterocycles. The summed E-state index contributed by atoms with van der Waals surface area (Å²) in [6, 6.07) is 5.66. The molecule has 0 heterocycles. The van der Waals surface area contributed by atoms with Crippen molar-refractivity contribution < 1.29 is 17.9 Å². The number of ether oxygens (including phenoxy) is 1. The zero-order valence-electron chi connectivity index (χ0n) is 13.5. The lowest BCUT2D eigenvalue weighted by Crippen LogP contribution is -2.35. The Morgan fingerprint density at radius 2 is 1.91 bits per heavy atom. The van der Waals surface area contributed by atoms with E-state index in [1.54, 1.807) is 0 Å². The monoisotopic (exact) mass is 328 g/mol. The predicted octanol–water partition coefficient (Wildman–Crippen LogP) is 1.54. The van der Waals surface area contributed by atoms with Crippen molar-refractivity contribution in [1.82, 2.24) is 4.31 Å². The molecule has 0 fully saturated rings. The molecule has 0 saturated carbocycles. The van der Waals surface area contributed by atoms with E-state index in [1.807, 2.05) is 32.0 Å². The molecule has 1 amide bonds. The molecule has 1 aromatic carbocycles. The Bertz CT molecular complexity index is 614. The fourth-order valence-corrected chi connectivity index (χ4v) is 2.73. The maximum atomic E-state index is 12.0. The number of carbonyl (C=O) groups excluding carboxylic acids is 1. The highest BCUT2D eigenvalue weighted by Gasteiger charge is 2.17. The minimum Gasteiger partial charge on any atom is -0.383 e. The van der Waals surface area contributed by atoms with Crippen LogP contribution in [-0.4, -0.2) is 51.7 Å². The number of methoxy groups -OCH3 is 1. The summed E-state index contributed by atoms with van der Waals surface area (Å²) in [5.74, 6) is -0.214. The Balaban J connectivity index is 2.58. The van der Waals surface area contributed by atoms with Crippen LogP contribution in [0.1, 0.15) is 17.5 Å². The minimum absolute atomic E-state index is 0.101. The summed E-state index contributed by atoms with van der Waals surface area (Å²) in [4.78, 5) is 12.0. The van der Waals surface area contributed by atoms with Crippen molar-refractivity contribution in [2.75, 3.05) is 38.4 Å². The summed E-state index contributed by atoms with van der Waals surface area (Å²) in [7, 11) is -1.84. The van der Waals surface area contributed by atoms with E-state index >= 15 is 0 Å². The standard InChI is InChI=1S/C15H24N2O4S/c1-12-5-6-14(11-13(12)2)16-15(18)7-8-17(9-10-21-3)22(4,19)20/h5-6,11H,7-10H2,1-4H3,(H,16,18). The molecule has 0 atom stereocenters. The van der Waals surface area contributed by atoms with Gasteiger partial charge in [0.05, 0.1) is 12.9 Å². The molecule has 0 saturated heterocycles. The molecule has 1 aromatic rings. The Hall–Kier alpha value is -1.44. The Labute approximate surface area is 132 Å². The highest BCUT2D eigenvalue weighted by Crippen LogP contribution is 2.14. The van der Waals surface area contributed by atoms with Crippen molar-refractivity contribution in [2.24, 2.45) is 0 Å². The average Bonchev–Trinajstić information content (AvgIpc) is 2.41. The predicted molar refractivity (Wildman–Crippen MR) is 87.5 cm³/mol. The first-order chi connectivity index (χ1) is 10.2. The molecule has 6 nitrogen and oxygen atoms in total. The van der Waals surface area contributed by atoms with Gasteiger partial charge in [-0.1, -0.05) is 6.07 Å². The average molecular weight is 328 g/mol. The molecule has 1 N–H and O–H groups in total. The second-order valence-electron chi connectivity index (χ2n) is 5.25. The van der Waals surface area contributed by atoms with Crippen LogP contribution >= 0.6 is 0 Å². The van der Waals surface area contributed by atoms with Crippen LogP contribution in [0, 0.1) is 13.8 Å². The van der Waals surface area contributed by atoms with E-state index in [2.05, 4.69) is 5.32 Å². The second kappa shape index (κ2) is 8.26. The van der Waals surface area contributed by atoms with E-state index in [4.69, 9.17) is 4.74 Å². The third kappa shape index (κ3) is 6.13. The number of nitrogens with one attached hydrogen (secondary N) is 1. The summed E-state index contributed by atoms with van der Waals surface area (Å²) in [6.07, 6.45) is 1.23. The first kappa shape index (κ1) is 18.6. The number of anilines is 1. The van der Waals surface area contributed by atoms with Gasteiger partial charge in [0.15, 0.2) is 0 Å². The van der Waals surface area contributed by atoms with Crippen molar-refractivity contribution >= 4 is 21.6 Å². The third-order valence-corrected chi connectivity index (χ3v) is 4.70. The lowest BCUT2D eigenvalue weighted by atomic mass is 10.1. The Kier molecular flexibility index (Phi) is 6.99. The lowest BCUT2D eigenvalue weighted by molar-refractivity contribution is -0.116. The topological polar surface area (TPSA) is 75.7 Å². The molecule has 0 bridgehead atoms. The number of rotatable bonds is 8. The molecule has 0 aliphatic carbocycles. The maximum absolute atomic E-state index is 12.0. The minimum atomic E-state index is -3.34. The zero-order chi connectivity index (χ0) is 16.8. The first-order valence-corrected chi connectivity index (χ1v) is 8.90. The fraction of sp³-hybridized carbons (Fsp3) is 0.533. The Morgan fingerprint density at radius 3 is 2.45 bits per heavy atom. The maximum Gasteiger partial charge on any atom is 0.225 e. The van der Waals surface area contributed by atoms with Gasteiger partial charge >= 0.3 is 0 Å². The molecule has 0 aliphatic heterocycles. The summed E-state index contributed by atoms with van der Waals surface area (Å²) < 4.78 is 29.4. The molecular weight excluding hydrogens is 304 g/mol. The highest BCUT2D eigenvalue weighted by atomic mass is 32.2. The van der Waals surface area contributed by atoms with Crippen molar-refractivity contribution in [3.05, 3.63) is 29.3 Å². The number of carbonyl (C=O) groups is 1. The van der Waals surface area contributed by atoms with Crippen molar-refractivity contribution in [1.29, 1.82) is 0 Å². The molecular formula is C15H24N2O4S. The number of hydrogen-bond donors (Lipinski definition) is 1. The largest absolute Gasteiger partial charge is 0.383 e. The smallest absolute Gasteiger partial charge is 0.225 e. The van der Waals surface area contributed by atoms with E-state index in [-0.39, 0.29) is 25.4 Å². The second-order valence-corrected chi connectivity index (χ2v) is 7.23. The van der Waals surface area contributed by atoms with Gasteiger partial charge < -0.3 is 10.1 Å². The van der Waals surface area contributed by atoms with Crippen LogP contribution in [0.25, 0.3) is 0 Å². The van der Waals surface area contributed by atoms with Crippen LogP contribution < -0.4 is 5.32 Å². The summed E-state index contributed by atoms with van der Waals surface area (Å²) >= 11 is 0. The molecule has 0 spiro atoms. The van der Waals surface area contributed by atoms with Crippen LogP contribution in [0.3, 0.4) is 0 Å². The van der Waals surface area contributed by atoms with Crippen LogP contribution in [0.5, 0.6) is 0 Å². The van der Waals surface area contributed by atoms with Gasteiger partial charge in [0, 0.05) is 32.3 Å². The van der Waals surface area contributed by atoms with Crippen LogP contribution in [0.15, 0.2) is 18.2 Å². The van der Waals surface area contributed by atoms with E-state index < -0.39 is 10.0 Å². The van der Waals surface area contributed by atoms with Crippen LogP contribution in [0.2, 0.25) is 0 Å². The van der Waals surface area contributed by atoms with Gasteiger partial charge in [0.25, 0.3) is 0 Å². The number of nitrogens with zero attached hydrogens (tertiary/aromatic N) is 1. The molecule has 0 aliphatic rings. The number of benzene rings is 1. The molecule has 7 heteroatoms. The molecule has 0 unspecified atom stereocenters. The van der Waals surface area contributed by atoms with Gasteiger partial charge in [-0.25, -0.2) is 8.42 Å². The Morgan fingerprint density at radius 1 is 1.23 bits per heavy atom. The molecule has 22 heavy (non-hydrogen) atoms. The fourth-order valence-electron chi connectivity index (χ4n) is 1.91. The quantitative estimate of drug-likeness (QED) is 0.785. The van der Waals surface area contributed by atoms with Crippen LogP contribution in [-0.2, 0) is 19.6 Å². The third-order valence-electron chi connectivity index (χ3n) is 3.39. The zero-order valence-corrected chi connectivity index (χ0v) is 14.4. The molecule has 0 radical (unpaired) electrons. The summed E-state index contributed by atoms with van der Waals surface area (Å²) in [5, 5.41) is 2.78. The van der Waals surface area contributed by atoms with Gasteiger partial charge in [-0.05, 0) is 37.1 Å². The van der Waals surface area contributed by atoms with Gasteiger partial charge in [0.2, 0.25) is 15.9 Å². The van der Waals surface area contributed by atoms with Crippen LogP contribution in [0.4, 0.5) is 5.69 Å². The van der Waals surface area contributed by atoms with Gasteiger partial charge in [-0.15, -0.1) is 0 Å². The number of amides is 1. The number of sulfonamides is 1. The van der Waals surface area contributed by atoms with E-state index in [9.17, 15) is 13.2 Å². The van der Waals surface area contributed by atoms with E-state index in [0.717, 1.165) is 23.1 Å². The van der Waals surface area contributed by atoms with E-state index in [0.29, 0.717) is 6.61 Å². The van der Waals surface area contributed by atoms with Crippen molar-refractivity contribution in [3.63, 3.8) is 0 Å². The summed E-state index contributed by atoms with van der Waals surface area (Å²) in [6.45, 7) is 4.65. The lowest BCUT2D eigenvalue weighted by Gasteiger charge is -2.19. The summed E-state index contributed by atoms with van der Waals surface area (Å²) in [5.41, 5.74) is 2.97.